The van der Waals surface area contributed by atoms with Crippen molar-refractivity contribution >= 4 is 23.3 Å². The lowest BCUT2D eigenvalue weighted by Gasteiger charge is -2.45. The topological polar surface area (TPSA) is 52.6 Å². The van der Waals surface area contributed by atoms with Crippen LogP contribution in [0.15, 0.2) is 36.4 Å². The largest absolute Gasteiger partial charge is 0.481 e. The molecule has 1 aliphatic heterocycles. The third kappa shape index (κ3) is 5.44. The molecule has 0 bridgehead atoms. The van der Waals surface area contributed by atoms with Crippen molar-refractivity contribution in [1.82, 2.24) is 4.90 Å². The molecule has 1 saturated carbocycles. The Morgan fingerprint density at radius 1 is 1.12 bits per heavy atom. The molecular weight excluding hydrogens is 444 g/mol. The van der Waals surface area contributed by atoms with Crippen LogP contribution in [0.25, 0.3) is 0 Å². The first-order chi connectivity index (χ1) is 16.2. The number of hydrogen-bond donors (Lipinski definition) is 2. The average molecular weight is 483 g/mol. The maximum atomic E-state index is 11.5. The number of likely N-dealkylation sites (tertiary alicyclic amines) is 1. The van der Waals surface area contributed by atoms with Gasteiger partial charge in [-0.25, -0.2) is 0 Å². The summed E-state index contributed by atoms with van der Waals surface area (Å²) in [5.41, 5.74) is 6.45. The number of carboxylic acids is 1. The summed E-state index contributed by atoms with van der Waals surface area (Å²) in [6.07, 6.45) is 6.04. The summed E-state index contributed by atoms with van der Waals surface area (Å²) < 4.78 is 0. The van der Waals surface area contributed by atoms with Gasteiger partial charge in [0.2, 0.25) is 0 Å². The van der Waals surface area contributed by atoms with Crippen molar-refractivity contribution in [3.8, 4) is 0 Å². The van der Waals surface area contributed by atoms with Gasteiger partial charge in [0.05, 0.1) is 5.92 Å². The molecule has 2 aromatic rings. The summed E-state index contributed by atoms with van der Waals surface area (Å²) in [5.74, 6) is -0.779. The van der Waals surface area contributed by atoms with E-state index in [1.54, 1.807) is 0 Å². The maximum Gasteiger partial charge on any atom is 0.306 e. The zero-order valence-corrected chi connectivity index (χ0v) is 21.8. The van der Waals surface area contributed by atoms with Gasteiger partial charge in [0.15, 0.2) is 0 Å². The molecule has 2 aromatic carbocycles. The highest BCUT2D eigenvalue weighted by Crippen LogP contribution is 2.39. The molecule has 3 atom stereocenters. The number of carbonyl (C=O) groups is 1. The van der Waals surface area contributed by atoms with Gasteiger partial charge in [0.25, 0.3) is 0 Å². The van der Waals surface area contributed by atoms with E-state index in [0.717, 1.165) is 56.6 Å². The minimum atomic E-state index is -0.616. The Balaban J connectivity index is 1.44. The van der Waals surface area contributed by atoms with Crippen LogP contribution in [0.5, 0.6) is 0 Å². The minimum Gasteiger partial charge on any atom is -0.481 e. The van der Waals surface area contributed by atoms with E-state index < -0.39 is 5.97 Å². The van der Waals surface area contributed by atoms with Crippen molar-refractivity contribution in [1.29, 1.82) is 0 Å². The average Bonchev–Trinajstić information content (AvgIpc) is 2.81. The quantitative estimate of drug-likeness (QED) is 0.460. The Bertz CT molecular complexity index is 1030. The Hall–Kier alpha value is -2.04. The Labute approximate surface area is 209 Å². The second kappa shape index (κ2) is 10.3. The van der Waals surface area contributed by atoms with Gasteiger partial charge < -0.3 is 15.3 Å². The van der Waals surface area contributed by atoms with Crippen molar-refractivity contribution in [3.05, 3.63) is 63.7 Å². The molecule has 34 heavy (non-hydrogen) atoms. The smallest absolute Gasteiger partial charge is 0.306 e. The van der Waals surface area contributed by atoms with Crippen LogP contribution in [0.3, 0.4) is 0 Å². The highest BCUT2D eigenvalue weighted by molar-refractivity contribution is 6.30. The Morgan fingerprint density at radius 2 is 1.85 bits per heavy atom. The van der Waals surface area contributed by atoms with Crippen molar-refractivity contribution in [2.24, 2.45) is 5.92 Å². The second-order valence-corrected chi connectivity index (χ2v) is 11.3. The highest BCUT2D eigenvalue weighted by atomic mass is 35.5. The lowest BCUT2D eigenvalue weighted by Crippen LogP contribution is -2.48. The fourth-order valence-electron chi connectivity index (χ4n) is 5.98. The van der Waals surface area contributed by atoms with E-state index in [2.05, 4.69) is 62.2 Å². The summed E-state index contributed by atoms with van der Waals surface area (Å²) in [4.78, 5) is 14.1. The zero-order chi connectivity index (χ0) is 24.5. The Morgan fingerprint density at radius 3 is 2.53 bits per heavy atom. The number of aliphatic carboxylic acids is 1. The van der Waals surface area contributed by atoms with E-state index in [-0.39, 0.29) is 17.4 Å². The van der Waals surface area contributed by atoms with Gasteiger partial charge in [-0.3, -0.25) is 4.79 Å². The number of halogens is 1. The van der Waals surface area contributed by atoms with Gasteiger partial charge in [-0.1, -0.05) is 43.1 Å². The number of nitrogens with zero attached hydrogens (tertiary/aromatic N) is 1. The third-order valence-electron chi connectivity index (χ3n) is 8.42. The number of aryl methyl sites for hydroxylation is 2. The number of rotatable bonds is 6. The van der Waals surface area contributed by atoms with Gasteiger partial charge in [-0.05, 0) is 112 Å². The van der Waals surface area contributed by atoms with Gasteiger partial charge in [0, 0.05) is 22.8 Å². The Kier molecular flexibility index (Phi) is 7.59. The van der Waals surface area contributed by atoms with Gasteiger partial charge in [-0.2, -0.15) is 0 Å². The van der Waals surface area contributed by atoms with Crippen molar-refractivity contribution in [2.75, 3.05) is 18.4 Å². The molecule has 0 spiro atoms. The summed E-state index contributed by atoms with van der Waals surface area (Å²) >= 11 is 6.16. The first-order valence-electron chi connectivity index (χ1n) is 12.8. The molecule has 2 aliphatic rings. The van der Waals surface area contributed by atoms with Crippen LogP contribution in [0.4, 0.5) is 5.69 Å². The third-order valence-corrected chi connectivity index (χ3v) is 8.65. The van der Waals surface area contributed by atoms with Crippen molar-refractivity contribution < 1.29 is 9.90 Å². The zero-order valence-electron chi connectivity index (χ0n) is 21.0. The maximum absolute atomic E-state index is 11.5. The normalized spacial score (nSPS) is 23.9. The second-order valence-electron chi connectivity index (χ2n) is 10.8. The molecule has 2 N–H and O–H groups in total. The summed E-state index contributed by atoms with van der Waals surface area (Å²) in [6.45, 7) is 11.0. The molecule has 5 heteroatoms. The molecule has 0 aromatic heterocycles. The molecule has 2 unspecified atom stereocenters. The van der Waals surface area contributed by atoms with Crippen LogP contribution in [-0.2, 0) is 10.2 Å². The molecule has 1 saturated heterocycles. The molecule has 2 fully saturated rings. The molecule has 0 radical (unpaired) electrons. The molecular formula is C29H39ClN2O2. The predicted molar refractivity (Wildman–Crippen MR) is 141 cm³/mol. The van der Waals surface area contributed by atoms with Crippen LogP contribution in [0.2, 0.25) is 5.02 Å². The van der Waals surface area contributed by atoms with Gasteiger partial charge >= 0.3 is 5.97 Å². The first-order valence-corrected chi connectivity index (χ1v) is 13.1. The van der Waals surface area contributed by atoms with Gasteiger partial charge in [0.1, 0.15) is 0 Å². The van der Waals surface area contributed by atoms with Crippen molar-refractivity contribution in [2.45, 2.75) is 83.7 Å². The number of hydrogen-bond acceptors (Lipinski definition) is 3. The molecule has 1 heterocycles. The van der Waals surface area contributed by atoms with Crippen LogP contribution in [0, 0.1) is 19.8 Å². The van der Waals surface area contributed by atoms with E-state index in [1.165, 1.54) is 27.9 Å². The fraction of sp³-hybridized carbons (Fsp3) is 0.552. The number of anilines is 1. The lowest BCUT2D eigenvalue weighted by atomic mass is 9.73. The van der Waals surface area contributed by atoms with E-state index in [4.69, 9.17) is 11.6 Å². The molecule has 1 aliphatic carbocycles. The van der Waals surface area contributed by atoms with Crippen molar-refractivity contribution in [3.63, 3.8) is 0 Å². The lowest BCUT2D eigenvalue weighted by molar-refractivity contribution is -0.143. The van der Waals surface area contributed by atoms with Crippen LogP contribution in [-0.4, -0.2) is 35.1 Å². The molecule has 184 valence electrons. The van der Waals surface area contributed by atoms with Crippen LogP contribution in [0.1, 0.15) is 80.7 Å². The monoisotopic (exact) mass is 482 g/mol. The SMILES string of the molecule is Cc1ccc(C2(C)CCN(C3CCCC(C(=O)O)C3)CC2)cc1N[C@H](C)c1ccc(Cl)cc1C. The molecule has 0 amide bonds. The fourth-order valence-corrected chi connectivity index (χ4v) is 6.21. The van der Waals surface area contributed by atoms with E-state index in [9.17, 15) is 9.90 Å². The molecule has 4 rings (SSSR count). The highest BCUT2D eigenvalue weighted by Gasteiger charge is 2.37. The van der Waals surface area contributed by atoms with E-state index in [0.29, 0.717) is 6.04 Å². The summed E-state index contributed by atoms with van der Waals surface area (Å²) in [5, 5.41) is 14.0. The number of nitrogens with one attached hydrogen (secondary N) is 1. The van der Waals surface area contributed by atoms with Crippen LogP contribution < -0.4 is 5.32 Å². The minimum absolute atomic E-state index is 0.140. The van der Waals surface area contributed by atoms with E-state index >= 15 is 0 Å². The predicted octanol–water partition coefficient (Wildman–Crippen LogP) is 7.13. The number of carboxylic acid groups (broad SMARTS) is 1. The van der Waals surface area contributed by atoms with E-state index in [1.807, 2.05) is 12.1 Å². The molecule has 4 nitrogen and oxygen atoms in total. The number of piperidine rings is 1. The number of benzene rings is 2. The summed E-state index contributed by atoms with van der Waals surface area (Å²) in [6, 6.07) is 13.6. The van der Waals surface area contributed by atoms with Gasteiger partial charge in [-0.15, -0.1) is 0 Å². The standard InChI is InChI=1S/C29H39ClN2O2/c1-19-8-9-23(18-27(19)31-21(3)26-11-10-24(30)16-20(26)2)29(4)12-14-32(15-13-29)25-7-5-6-22(17-25)28(33)34/h8-11,16,18,21-22,25,31H,5-7,12-15,17H2,1-4H3,(H,33,34)/t21-,22?,25?/m1/s1. The first kappa shape index (κ1) is 25.1. The summed E-state index contributed by atoms with van der Waals surface area (Å²) in [7, 11) is 0. The van der Waals surface area contributed by atoms with Crippen LogP contribution >= 0.6 is 11.6 Å².